The first-order valence-corrected chi connectivity index (χ1v) is 9.08. The zero-order valence-corrected chi connectivity index (χ0v) is 16.2. The molecule has 1 N–H and O–H groups in total. The van der Waals surface area contributed by atoms with Crippen molar-refractivity contribution in [2.24, 2.45) is 0 Å². The number of ether oxygens (including phenoxy) is 1. The van der Waals surface area contributed by atoms with Crippen molar-refractivity contribution in [2.75, 3.05) is 12.4 Å². The average Bonchev–Trinajstić information content (AvgIpc) is 3.23. The van der Waals surface area contributed by atoms with E-state index in [1.165, 1.54) is 0 Å². The van der Waals surface area contributed by atoms with Gasteiger partial charge in [-0.05, 0) is 31.2 Å². The fourth-order valence-electron chi connectivity index (χ4n) is 3.14. The third-order valence-corrected chi connectivity index (χ3v) is 4.55. The Balaban J connectivity index is 1.72. The summed E-state index contributed by atoms with van der Waals surface area (Å²) in [6.07, 6.45) is 0. The van der Waals surface area contributed by atoms with Gasteiger partial charge in [0.1, 0.15) is 11.4 Å². The highest BCUT2D eigenvalue weighted by atomic mass is 35.5. The second-order valence-electron chi connectivity index (χ2n) is 6.36. The molecule has 0 atom stereocenters. The van der Waals surface area contributed by atoms with Gasteiger partial charge in [0.05, 0.1) is 18.0 Å². The van der Waals surface area contributed by atoms with E-state index in [1.807, 2.05) is 43.3 Å². The van der Waals surface area contributed by atoms with Crippen molar-refractivity contribution in [3.63, 3.8) is 0 Å². The van der Waals surface area contributed by atoms with Crippen molar-refractivity contribution >= 4 is 34.3 Å². The minimum Gasteiger partial charge on any atom is -0.451 e. The van der Waals surface area contributed by atoms with Gasteiger partial charge >= 0.3 is 0 Å². The molecule has 0 saturated carbocycles. The van der Waals surface area contributed by atoms with Crippen LogP contribution in [0.4, 0.5) is 5.82 Å². The Labute approximate surface area is 166 Å². The highest BCUT2D eigenvalue weighted by Gasteiger charge is 2.22. The van der Waals surface area contributed by atoms with Crippen LogP contribution in [0.1, 0.15) is 21.8 Å². The summed E-state index contributed by atoms with van der Waals surface area (Å²) in [5, 5.41) is 8.79. The number of para-hydroxylation sites is 1. The Hall–Kier alpha value is -3.09. The quantitative estimate of drug-likeness (QED) is 0.517. The maximum atomic E-state index is 13.0. The van der Waals surface area contributed by atoms with Crippen LogP contribution in [-0.2, 0) is 11.3 Å². The zero-order valence-electron chi connectivity index (χ0n) is 15.4. The fraction of sp³-hybridized carbons (Fsp3) is 0.143. The maximum absolute atomic E-state index is 13.0. The first kappa shape index (κ1) is 18.3. The molecule has 0 aliphatic carbocycles. The van der Waals surface area contributed by atoms with Gasteiger partial charge in [0.15, 0.2) is 5.76 Å². The molecule has 28 heavy (non-hydrogen) atoms. The molecule has 0 saturated heterocycles. The lowest BCUT2D eigenvalue weighted by molar-refractivity contribution is 0.0991. The predicted molar refractivity (Wildman–Crippen MR) is 108 cm³/mol. The number of halogens is 1. The number of carbonyl (C=O) groups excluding carboxylic acids is 1. The van der Waals surface area contributed by atoms with E-state index in [1.54, 1.807) is 30.0 Å². The van der Waals surface area contributed by atoms with Crippen LogP contribution in [0.25, 0.3) is 16.7 Å². The molecule has 0 fully saturated rings. The first-order chi connectivity index (χ1) is 13.6. The third-order valence-electron chi connectivity index (χ3n) is 4.32. The molecule has 2 aromatic carbocycles. The van der Waals surface area contributed by atoms with E-state index < -0.39 is 0 Å². The van der Waals surface area contributed by atoms with Crippen LogP contribution in [0.5, 0.6) is 0 Å². The number of benzene rings is 2. The van der Waals surface area contributed by atoms with E-state index in [2.05, 4.69) is 10.4 Å². The van der Waals surface area contributed by atoms with Gasteiger partial charge in [-0.2, -0.15) is 5.10 Å². The molecule has 0 aliphatic rings. The van der Waals surface area contributed by atoms with E-state index >= 15 is 0 Å². The molecule has 0 aliphatic heterocycles. The number of nitrogens with one attached hydrogen (secondary N) is 1. The standard InChI is InChI=1S/C21H18ClN3O3/c1-13-10-19(25(24-13)15-7-5-6-14(22)11-15)23-21(26)20-17(12-27-2)16-8-3-4-9-18(16)28-20/h3-11H,12H2,1-2H3,(H,23,26). The molecule has 4 rings (SSSR count). The van der Waals surface area contributed by atoms with Gasteiger partial charge in [-0.1, -0.05) is 35.9 Å². The summed E-state index contributed by atoms with van der Waals surface area (Å²) in [5.74, 6) is 0.375. The number of nitrogens with zero attached hydrogens (tertiary/aromatic N) is 2. The Bertz CT molecular complexity index is 1160. The molecule has 2 aromatic heterocycles. The maximum Gasteiger partial charge on any atom is 0.292 e. The second-order valence-corrected chi connectivity index (χ2v) is 6.79. The number of rotatable bonds is 5. The Kier molecular flexibility index (Phi) is 4.90. The molecular formula is C21H18ClN3O3. The number of hydrogen-bond donors (Lipinski definition) is 1. The largest absolute Gasteiger partial charge is 0.451 e. The van der Waals surface area contributed by atoms with Crippen LogP contribution in [0.2, 0.25) is 5.02 Å². The monoisotopic (exact) mass is 395 g/mol. The minimum absolute atomic E-state index is 0.222. The van der Waals surface area contributed by atoms with E-state index in [9.17, 15) is 4.79 Å². The molecule has 0 radical (unpaired) electrons. The first-order valence-electron chi connectivity index (χ1n) is 8.70. The highest BCUT2D eigenvalue weighted by Crippen LogP contribution is 2.28. The highest BCUT2D eigenvalue weighted by molar-refractivity contribution is 6.30. The molecule has 0 unspecified atom stereocenters. The van der Waals surface area contributed by atoms with Gasteiger partial charge in [0, 0.05) is 29.1 Å². The van der Waals surface area contributed by atoms with Crippen molar-refractivity contribution in [1.29, 1.82) is 0 Å². The van der Waals surface area contributed by atoms with Crippen LogP contribution >= 0.6 is 11.6 Å². The third kappa shape index (κ3) is 3.40. The lowest BCUT2D eigenvalue weighted by Crippen LogP contribution is -2.16. The Morgan fingerprint density at radius 1 is 1.21 bits per heavy atom. The van der Waals surface area contributed by atoms with Gasteiger partial charge in [0.25, 0.3) is 5.91 Å². The number of aryl methyl sites for hydroxylation is 1. The van der Waals surface area contributed by atoms with Crippen LogP contribution in [-0.4, -0.2) is 22.8 Å². The molecule has 0 spiro atoms. The van der Waals surface area contributed by atoms with Gasteiger partial charge in [-0.15, -0.1) is 0 Å². The van der Waals surface area contributed by atoms with Crippen LogP contribution in [0.15, 0.2) is 59.0 Å². The van der Waals surface area contributed by atoms with Crippen molar-refractivity contribution < 1.29 is 13.9 Å². The molecule has 6 nitrogen and oxygen atoms in total. The molecule has 0 bridgehead atoms. The summed E-state index contributed by atoms with van der Waals surface area (Å²) in [4.78, 5) is 13.0. The topological polar surface area (TPSA) is 69.3 Å². The van der Waals surface area contributed by atoms with E-state index in [-0.39, 0.29) is 18.3 Å². The lowest BCUT2D eigenvalue weighted by atomic mass is 10.1. The number of amides is 1. The molecule has 4 aromatic rings. The van der Waals surface area contributed by atoms with Crippen molar-refractivity contribution in [1.82, 2.24) is 9.78 Å². The van der Waals surface area contributed by atoms with Gasteiger partial charge in [0.2, 0.25) is 0 Å². The molecule has 2 heterocycles. The summed E-state index contributed by atoms with van der Waals surface area (Å²) < 4.78 is 12.7. The van der Waals surface area contributed by atoms with Crippen molar-refractivity contribution in [2.45, 2.75) is 13.5 Å². The number of hydrogen-bond acceptors (Lipinski definition) is 4. The number of carbonyl (C=O) groups is 1. The number of furan rings is 1. The van der Waals surface area contributed by atoms with Gasteiger partial charge < -0.3 is 14.5 Å². The SMILES string of the molecule is COCc1c(C(=O)Nc2cc(C)nn2-c2cccc(Cl)c2)oc2ccccc12. The normalized spacial score (nSPS) is 11.1. The van der Waals surface area contributed by atoms with Gasteiger partial charge in [-0.25, -0.2) is 4.68 Å². The zero-order chi connectivity index (χ0) is 19.7. The summed E-state index contributed by atoms with van der Waals surface area (Å²) in [6.45, 7) is 2.13. The number of fused-ring (bicyclic) bond motifs is 1. The van der Waals surface area contributed by atoms with Gasteiger partial charge in [-0.3, -0.25) is 4.79 Å². The van der Waals surface area contributed by atoms with Crippen LogP contribution in [0, 0.1) is 6.92 Å². The lowest BCUT2D eigenvalue weighted by Gasteiger charge is -2.09. The summed E-state index contributed by atoms with van der Waals surface area (Å²) in [6, 6.07) is 16.5. The Morgan fingerprint density at radius 2 is 2.04 bits per heavy atom. The predicted octanol–water partition coefficient (Wildman–Crippen LogP) is 4.98. The second kappa shape index (κ2) is 7.50. The Morgan fingerprint density at radius 3 is 2.82 bits per heavy atom. The molecular weight excluding hydrogens is 378 g/mol. The minimum atomic E-state index is -0.369. The van der Waals surface area contributed by atoms with E-state index in [0.717, 1.165) is 16.8 Å². The molecule has 142 valence electrons. The number of anilines is 1. The van der Waals surface area contributed by atoms with E-state index in [0.29, 0.717) is 22.0 Å². The summed E-state index contributed by atoms with van der Waals surface area (Å²) >= 11 is 6.10. The fourth-order valence-corrected chi connectivity index (χ4v) is 3.32. The van der Waals surface area contributed by atoms with Crippen molar-refractivity contribution in [3.8, 4) is 5.69 Å². The van der Waals surface area contributed by atoms with E-state index in [4.69, 9.17) is 20.8 Å². The number of aromatic nitrogens is 2. The summed E-state index contributed by atoms with van der Waals surface area (Å²) in [7, 11) is 1.58. The van der Waals surface area contributed by atoms with Crippen LogP contribution < -0.4 is 5.32 Å². The average molecular weight is 396 g/mol. The smallest absolute Gasteiger partial charge is 0.292 e. The van der Waals surface area contributed by atoms with Crippen LogP contribution in [0.3, 0.4) is 0 Å². The molecule has 7 heteroatoms. The van der Waals surface area contributed by atoms with Crippen molar-refractivity contribution in [3.05, 3.63) is 76.6 Å². The number of methoxy groups -OCH3 is 1. The summed E-state index contributed by atoms with van der Waals surface area (Å²) in [5.41, 5.74) is 2.86. The molecule has 1 amide bonds.